The smallest absolute Gasteiger partial charge is 0.0989 e. The topological polar surface area (TPSA) is 35.2 Å². The molecule has 76 valence electrons. The molecule has 0 aromatic carbocycles. The maximum atomic E-state index is 5.57. The molecule has 0 heterocycles. The Bertz CT molecular complexity index is 181. The lowest BCUT2D eigenvalue weighted by Gasteiger charge is -2.34. The van der Waals surface area contributed by atoms with Gasteiger partial charge in [-0.15, -0.1) is 0 Å². The fourth-order valence-electron chi connectivity index (χ4n) is 1.74. The Morgan fingerprint density at radius 1 is 1.46 bits per heavy atom. The van der Waals surface area contributed by atoms with Gasteiger partial charge in [-0.1, -0.05) is 26.1 Å². The van der Waals surface area contributed by atoms with E-state index in [2.05, 4.69) is 13.8 Å². The van der Waals surface area contributed by atoms with E-state index in [1.807, 2.05) is 0 Å². The largest absolute Gasteiger partial charge is 0.391 e. The van der Waals surface area contributed by atoms with Gasteiger partial charge in [-0.2, -0.15) is 0 Å². The van der Waals surface area contributed by atoms with Crippen LogP contribution in [0.5, 0.6) is 0 Å². The van der Waals surface area contributed by atoms with Crippen molar-refractivity contribution in [3.8, 4) is 0 Å². The third-order valence-electron chi connectivity index (χ3n) is 2.75. The average molecular weight is 201 g/mol. The van der Waals surface area contributed by atoms with Crippen LogP contribution in [0.2, 0.25) is 0 Å². The molecular formula is C10H19NOS. The second-order valence-corrected chi connectivity index (χ2v) is 5.17. The molecule has 0 spiro atoms. The van der Waals surface area contributed by atoms with E-state index in [-0.39, 0.29) is 0 Å². The van der Waals surface area contributed by atoms with E-state index < -0.39 is 0 Å². The number of rotatable bonds is 3. The second kappa shape index (κ2) is 4.38. The highest BCUT2D eigenvalue weighted by Crippen LogP contribution is 2.35. The van der Waals surface area contributed by atoms with Crippen molar-refractivity contribution >= 4 is 17.2 Å². The fourth-order valence-corrected chi connectivity index (χ4v) is 1.81. The summed E-state index contributed by atoms with van der Waals surface area (Å²) in [6.45, 7) is 5.08. The number of hydrogen-bond donors (Lipinski definition) is 1. The fraction of sp³-hybridized carbons (Fsp3) is 0.900. The molecule has 0 aromatic rings. The van der Waals surface area contributed by atoms with Gasteiger partial charge in [0.1, 0.15) is 0 Å². The first kappa shape index (κ1) is 10.9. The van der Waals surface area contributed by atoms with E-state index in [0.717, 1.165) is 12.8 Å². The van der Waals surface area contributed by atoms with Gasteiger partial charge in [0.05, 0.1) is 17.7 Å². The number of ether oxygens (including phenoxy) is 1. The first-order chi connectivity index (χ1) is 5.99. The summed E-state index contributed by atoms with van der Waals surface area (Å²) in [4.78, 5) is 0.463. The summed E-state index contributed by atoms with van der Waals surface area (Å²) in [7, 11) is 0. The minimum Gasteiger partial charge on any atom is -0.391 e. The SMILES string of the molecule is CC1(C)CCC(OCC(N)=S)CC1. The molecule has 1 rings (SSSR count). The van der Waals surface area contributed by atoms with Crippen LogP contribution in [0, 0.1) is 5.41 Å². The van der Waals surface area contributed by atoms with E-state index in [1.165, 1.54) is 12.8 Å². The van der Waals surface area contributed by atoms with E-state index in [0.29, 0.717) is 23.1 Å². The van der Waals surface area contributed by atoms with E-state index in [1.54, 1.807) is 0 Å². The van der Waals surface area contributed by atoms with Gasteiger partial charge in [-0.25, -0.2) is 0 Å². The van der Waals surface area contributed by atoms with Crippen molar-refractivity contribution in [2.24, 2.45) is 11.1 Å². The molecule has 2 nitrogen and oxygen atoms in total. The zero-order chi connectivity index (χ0) is 9.90. The molecule has 1 saturated carbocycles. The Balaban J connectivity index is 2.21. The Morgan fingerprint density at radius 2 is 2.00 bits per heavy atom. The zero-order valence-electron chi connectivity index (χ0n) is 8.51. The molecule has 2 N–H and O–H groups in total. The van der Waals surface area contributed by atoms with Crippen LogP contribution in [0.15, 0.2) is 0 Å². The third kappa shape index (κ3) is 4.05. The molecule has 13 heavy (non-hydrogen) atoms. The van der Waals surface area contributed by atoms with Gasteiger partial charge in [0.15, 0.2) is 0 Å². The van der Waals surface area contributed by atoms with Gasteiger partial charge in [-0.05, 0) is 31.1 Å². The van der Waals surface area contributed by atoms with Crippen molar-refractivity contribution in [3.63, 3.8) is 0 Å². The zero-order valence-corrected chi connectivity index (χ0v) is 9.32. The van der Waals surface area contributed by atoms with Crippen LogP contribution < -0.4 is 5.73 Å². The van der Waals surface area contributed by atoms with Crippen molar-refractivity contribution in [1.29, 1.82) is 0 Å². The number of hydrogen-bond acceptors (Lipinski definition) is 2. The standard InChI is InChI=1S/C10H19NOS/c1-10(2)5-3-8(4-6-10)12-7-9(11)13/h8H,3-7H2,1-2H3,(H2,11,13). The average Bonchev–Trinajstić information content (AvgIpc) is 2.02. The molecule has 0 radical (unpaired) electrons. The van der Waals surface area contributed by atoms with Crippen molar-refractivity contribution < 1.29 is 4.74 Å². The van der Waals surface area contributed by atoms with Crippen molar-refractivity contribution in [3.05, 3.63) is 0 Å². The quantitative estimate of drug-likeness (QED) is 0.711. The Morgan fingerprint density at radius 3 is 2.46 bits per heavy atom. The van der Waals surface area contributed by atoms with Crippen molar-refractivity contribution in [2.75, 3.05) is 6.61 Å². The molecule has 0 unspecified atom stereocenters. The molecule has 3 heteroatoms. The minimum absolute atomic E-state index is 0.384. The van der Waals surface area contributed by atoms with Crippen LogP contribution in [0.25, 0.3) is 0 Å². The molecule has 0 amide bonds. The Labute approximate surface area is 85.8 Å². The molecule has 0 aromatic heterocycles. The molecule has 0 bridgehead atoms. The van der Waals surface area contributed by atoms with Crippen LogP contribution in [-0.2, 0) is 4.74 Å². The normalized spacial score (nSPS) is 22.9. The highest BCUT2D eigenvalue weighted by atomic mass is 32.1. The number of nitrogens with two attached hydrogens (primary N) is 1. The van der Waals surface area contributed by atoms with Crippen LogP contribution >= 0.6 is 12.2 Å². The van der Waals surface area contributed by atoms with Crippen LogP contribution in [0.3, 0.4) is 0 Å². The predicted octanol–water partition coefficient (Wildman–Crippen LogP) is 2.26. The molecule has 0 atom stereocenters. The maximum absolute atomic E-state index is 5.57. The monoisotopic (exact) mass is 201 g/mol. The summed E-state index contributed by atoms with van der Waals surface area (Å²) < 4.78 is 5.57. The van der Waals surface area contributed by atoms with E-state index in [9.17, 15) is 0 Å². The van der Waals surface area contributed by atoms with Gasteiger partial charge >= 0.3 is 0 Å². The summed E-state index contributed by atoms with van der Waals surface area (Å²) >= 11 is 4.76. The van der Waals surface area contributed by atoms with Crippen LogP contribution in [0.1, 0.15) is 39.5 Å². The molecule has 0 saturated heterocycles. The summed E-state index contributed by atoms with van der Waals surface area (Å²) in [6.07, 6.45) is 5.17. The second-order valence-electron chi connectivity index (χ2n) is 4.64. The lowest BCUT2D eigenvalue weighted by atomic mass is 9.76. The maximum Gasteiger partial charge on any atom is 0.0989 e. The minimum atomic E-state index is 0.384. The van der Waals surface area contributed by atoms with Crippen LogP contribution in [-0.4, -0.2) is 17.7 Å². The Kier molecular flexibility index (Phi) is 3.68. The van der Waals surface area contributed by atoms with Gasteiger partial charge in [0, 0.05) is 0 Å². The highest BCUT2D eigenvalue weighted by Gasteiger charge is 2.26. The summed E-state index contributed by atoms with van der Waals surface area (Å²) in [5.41, 5.74) is 5.87. The first-order valence-corrected chi connectivity index (χ1v) is 5.30. The van der Waals surface area contributed by atoms with Gasteiger partial charge in [0.25, 0.3) is 0 Å². The predicted molar refractivity (Wildman–Crippen MR) is 58.8 cm³/mol. The van der Waals surface area contributed by atoms with Gasteiger partial charge in [-0.3, -0.25) is 0 Å². The molecule has 1 aliphatic rings. The van der Waals surface area contributed by atoms with E-state index in [4.69, 9.17) is 22.7 Å². The molecule has 0 aliphatic heterocycles. The molecular weight excluding hydrogens is 182 g/mol. The lowest BCUT2D eigenvalue weighted by Crippen LogP contribution is -2.29. The van der Waals surface area contributed by atoms with Crippen molar-refractivity contribution in [1.82, 2.24) is 0 Å². The lowest BCUT2D eigenvalue weighted by molar-refractivity contribution is 0.0242. The summed E-state index contributed by atoms with van der Waals surface area (Å²) in [6, 6.07) is 0. The third-order valence-corrected chi connectivity index (χ3v) is 2.87. The van der Waals surface area contributed by atoms with Gasteiger partial charge < -0.3 is 10.5 Å². The van der Waals surface area contributed by atoms with E-state index >= 15 is 0 Å². The summed E-state index contributed by atoms with van der Waals surface area (Å²) in [5, 5.41) is 0. The first-order valence-electron chi connectivity index (χ1n) is 4.89. The molecule has 1 aliphatic carbocycles. The summed E-state index contributed by atoms with van der Waals surface area (Å²) in [5.74, 6) is 0. The van der Waals surface area contributed by atoms with Crippen LogP contribution in [0.4, 0.5) is 0 Å². The number of thiocarbonyl (C=S) groups is 1. The highest BCUT2D eigenvalue weighted by molar-refractivity contribution is 7.80. The Hall–Kier alpha value is -0.150. The van der Waals surface area contributed by atoms with Gasteiger partial charge in [0.2, 0.25) is 0 Å². The van der Waals surface area contributed by atoms with Crippen molar-refractivity contribution in [2.45, 2.75) is 45.6 Å². The molecule has 1 fully saturated rings.